The second kappa shape index (κ2) is 9.72. The Kier molecular flexibility index (Phi) is 6.74. The molecule has 2 heterocycles. The normalized spacial score (nSPS) is 18.4. The van der Waals surface area contributed by atoms with Crippen LogP contribution in [0.5, 0.6) is 5.75 Å². The maximum Gasteiger partial charge on any atom is 0.573 e. The number of carbonyl (C=O) groups excluding carboxylic acids is 1. The van der Waals surface area contributed by atoms with Crippen LogP contribution in [0.4, 0.5) is 24.7 Å². The molecule has 178 valence electrons. The molecule has 0 bridgehead atoms. The van der Waals surface area contributed by atoms with E-state index in [0.717, 1.165) is 5.82 Å². The number of anilines is 2. The minimum atomic E-state index is -4.96. The van der Waals surface area contributed by atoms with Crippen molar-refractivity contribution in [1.82, 2.24) is 4.98 Å². The van der Waals surface area contributed by atoms with Crippen molar-refractivity contribution in [2.24, 2.45) is 0 Å². The van der Waals surface area contributed by atoms with E-state index in [1.54, 1.807) is 42.5 Å². The lowest BCUT2D eigenvalue weighted by Gasteiger charge is -2.36. The number of pyridine rings is 1. The van der Waals surface area contributed by atoms with Crippen LogP contribution in [0.3, 0.4) is 0 Å². The van der Waals surface area contributed by atoms with Crippen molar-refractivity contribution < 1.29 is 27.4 Å². The van der Waals surface area contributed by atoms with Gasteiger partial charge in [0.1, 0.15) is 11.6 Å². The number of aromatic nitrogens is 1. The molecule has 1 aromatic heterocycles. The Balaban J connectivity index is 1.58. The van der Waals surface area contributed by atoms with Gasteiger partial charge in [-0.25, -0.2) is 4.98 Å². The van der Waals surface area contributed by atoms with E-state index in [9.17, 15) is 18.0 Å². The van der Waals surface area contributed by atoms with E-state index < -0.39 is 18.0 Å². The molecular weight excluding hydrogens is 447 g/mol. The minimum absolute atomic E-state index is 0.0638. The molecule has 2 unspecified atom stereocenters. The largest absolute Gasteiger partial charge is 0.573 e. The smallest absolute Gasteiger partial charge is 0.404 e. The number of carbonyl (C=O) groups is 1. The Morgan fingerprint density at radius 3 is 2.35 bits per heavy atom. The zero-order chi connectivity index (χ0) is 24.3. The number of ether oxygens (including phenoxy) is 2. The van der Waals surface area contributed by atoms with Crippen LogP contribution < -0.4 is 15.0 Å². The number of hydrogen-bond donors (Lipinski definition) is 1. The van der Waals surface area contributed by atoms with E-state index in [1.807, 2.05) is 13.8 Å². The van der Waals surface area contributed by atoms with Crippen molar-refractivity contribution in [2.45, 2.75) is 32.4 Å². The van der Waals surface area contributed by atoms with E-state index in [4.69, 9.17) is 4.74 Å². The Morgan fingerprint density at radius 1 is 1.03 bits per heavy atom. The molecule has 2 atom stereocenters. The van der Waals surface area contributed by atoms with Gasteiger partial charge in [0.25, 0.3) is 5.91 Å². The summed E-state index contributed by atoms with van der Waals surface area (Å²) < 4.78 is 49.7. The first kappa shape index (κ1) is 23.6. The number of halogens is 3. The van der Waals surface area contributed by atoms with E-state index in [-0.39, 0.29) is 23.3 Å². The molecule has 1 aliphatic rings. The first-order chi connectivity index (χ1) is 16.2. The Hall–Kier alpha value is -3.59. The van der Waals surface area contributed by atoms with E-state index >= 15 is 0 Å². The van der Waals surface area contributed by atoms with Crippen molar-refractivity contribution in [3.8, 4) is 16.9 Å². The predicted molar refractivity (Wildman–Crippen MR) is 123 cm³/mol. The van der Waals surface area contributed by atoms with Crippen molar-refractivity contribution in [1.29, 1.82) is 0 Å². The lowest BCUT2D eigenvalue weighted by Crippen LogP contribution is -2.45. The standard InChI is InChI=1S/C25H24F3N3O3/c1-16-14-31(15-17(2)33-16)22-12-11-19(13-29-22)30-24(32)21-10-6-9-20(18-7-4-3-5-8-18)23(21)34-25(26,27)28/h3-13,16-17H,14-15H2,1-2H3,(H,30,32). The Labute approximate surface area is 195 Å². The highest BCUT2D eigenvalue weighted by Crippen LogP contribution is 2.37. The van der Waals surface area contributed by atoms with Crippen molar-refractivity contribution >= 4 is 17.4 Å². The summed E-state index contributed by atoms with van der Waals surface area (Å²) in [6.45, 7) is 5.35. The maximum absolute atomic E-state index is 13.2. The summed E-state index contributed by atoms with van der Waals surface area (Å²) in [7, 11) is 0. The van der Waals surface area contributed by atoms with Gasteiger partial charge < -0.3 is 19.7 Å². The van der Waals surface area contributed by atoms with Crippen molar-refractivity contribution in [2.75, 3.05) is 23.3 Å². The van der Waals surface area contributed by atoms with Crippen LogP contribution in [0.1, 0.15) is 24.2 Å². The Morgan fingerprint density at radius 2 is 1.74 bits per heavy atom. The third-order valence-corrected chi connectivity index (χ3v) is 5.31. The van der Waals surface area contributed by atoms with Crippen molar-refractivity contribution in [3.63, 3.8) is 0 Å². The molecule has 9 heteroatoms. The molecule has 0 radical (unpaired) electrons. The first-order valence-corrected chi connectivity index (χ1v) is 10.8. The number of morpholine rings is 1. The number of nitrogens with zero attached hydrogens (tertiary/aromatic N) is 2. The fourth-order valence-electron chi connectivity index (χ4n) is 4.00. The second-order valence-electron chi connectivity index (χ2n) is 8.12. The Bertz CT molecular complexity index is 1130. The van der Waals surface area contributed by atoms with Gasteiger partial charge in [-0.2, -0.15) is 0 Å². The highest BCUT2D eigenvalue weighted by molar-refractivity contribution is 6.07. The molecule has 6 nitrogen and oxygen atoms in total. The molecule has 1 aliphatic heterocycles. The molecule has 1 fully saturated rings. The topological polar surface area (TPSA) is 63.7 Å². The fourth-order valence-corrected chi connectivity index (χ4v) is 4.00. The summed E-state index contributed by atoms with van der Waals surface area (Å²) in [5, 5.41) is 2.62. The molecule has 2 aromatic carbocycles. The molecular formula is C25H24F3N3O3. The van der Waals surface area contributed by atoms with Gasteiger partial charge in [-0.3, -0.25) is 4.79 Å². The molecule has 4 rings (SSSR count). The molecule has 0 spiro atoms. The number of rotatable bonds is 5. The number of amides is 1. The van der Waals surface area contributed by atoms with Gasteiger partial charge in [0.15, 0.2) is 0 Å². The summed E-state index contributed by atoms with van der Waals surface area (Å²) in [5.41, 5.74) is 0.774. The third-order valence-electron chi connectivity index (χ3n) is 5.31. The maximum atomic E-state index is 13.2. The SMILES string of the molecule is CC1CN(c2ccc(NC(=O)c3cccc(-c4ccccc4)c3OC(F)(F)F)cn2)CC(C)O1. The van der Waals surface area contributed by atoms with Gasteiger partial charge in [-0.1, -0.05) is 42.5 Å². The van der Waals surface area contributed by atoms with Gasteiger partial charge in [0, 0.05) is 18.7 Å². The average molecular weight is 471 g/mol. The molecule has 1 N–H and O–H groups in total. The third kappa shape index (κ3) is 5.66. The summed E-state index contributed by atoms with van der Waals surface area (Å²) in [4.78, 5) is 19.5. The second-order valence-corrected chi connectivity index (χ2v) is 8.12. The van der Waals surface area contributed by atoms with Gasteiger partial charge >= 0.3 is 6.36 Å². The number of hydrogen-bond acceptors (Lipinski definition) is 5. The van der Waals surface area contributed by atoms with Crippen LogP contribution in [0.15, 0.2) is 66.9 Å². The molecule has 0 saturated carbocycles. The van der Waals surface area contributed by atoms with Crippen LogP contribution in [-0.2, 0) is 4.74 Å². The van der Waals surface area contributed by atoms with Crippen LogP contribution in [0, 0.1) is 0 Å². The summed E-state index contributed by atoms with van der Waals surface area (Å²) in [6.07, 6.45) is -3.36. The highest BCUT2D eigenvalue weighted by Gasteiger charge is 2.34. The zero-order valence-electron chi connectivity index (χ0n) is 18.7. The predicted octanol–water partition coefficient (Wildman–Crippen LogP) is 5.51. The summed E-state index contributed by atoms with van der Waals surface area (Å²) in [5.74, 6) is -0.563. The van der Waals surface area contributed by atoms with E-state index in [1.165, 1.54) is 24.4 Å². The van der Waals surface area contributed by atoms with E-state index in [2.05, 4.69) is 19.9 Å². The van der Waals surface area contributed by atoms with Crippen molar-refractivity contribution in [3.05, 3.63) is 72.4 Å². The fraction of sp³-hybridized carbons (Fsp3) is 0.280. The summed E-state index contributed by atoms with van der Waals surface area (Å²) in [6, 6.07) is 16.2. The van der Waals surface area contributed by atoms with Gasteiger partial charge in [-0.15, -0.1) is 13.2 Å². The van der Waals surface area contributed by atoms with Crippen LogP contribution >= 0.6 is 0 Å². The molecule has 0 aliphatic carbocycles. The van der Waals surface area contributed by atoms with Gasteiger partial charge in [-0.05, 0) is 37.6 Å². The van der Waals surface area contributed by atoms with E-state index in [0.29, 0.717) is 24.3 Å². The molecule has 1 saturated heterocycles. The number of benzene rings is 2. The number of nitrogens with one attached hydrogen (secondary N) is 1. The average Bonchev–Trinajstić information content (AvgIpc) is 2.78. The highest BCUT2D eigenvalue weighted by atomic mass is 19.4. The van der Waals surface area contributed by atoms with Gasteiger partial charge in [0.05, 0.1) is 29.7 Å². The van der Waals surface area contributed by atoms with Gasteiger partial charge in [0.2, 0.25) is 0 Å². The lowest BCUT2D eigenvalue weighted by atomic mass is 10.0. The van der Waals surface area contributed by atoms with Crippen LogP contribution in [0.25, 0.3) is 11.1 Å². The van der Waals surface area contributed by atoms with Crippen LogP contribution in [0.2, 0.25) is 0 Å². The monoisotopic (exact) mass is 471 g/mol. The number of alkyl halides is 3. The molecule has 1 amide bonds. The quantitative estimate of drug-likeness (QED) is 0.532. The number of para-hydroxylation sites is 1. The zero-order valence-corrected chi connectivity index (χ0v) is 18.7. The minimum Gasteiger partial charge on any atom is -0.404 e. The van der Waals surface area contributed by atoms with Crippen LogP contribution in [-0.4, -0.2) is 42.6 Å². The first-order valence-electron chi connectivity index (χ1n) is 10.8. The molecule has 3 aromatic rings. The lowest BCUT2D eigenvalue weighted by molar-refractivity contribution is -0.274. The summed E-state index contributed by atoms with van der Waals surface area (Å²) >= 11 is 0. The molecule has 34 heavy (non-hydrogen) atoms.